The minimum Gasteiger partial charge on any atom is -0.382 e. The first kappa shape index (κ1) is 13.1. The molecule has 0 saturated heterocycles. The van der Waals surface area contributed by atoms with Crippen LogP contribution in [0.2, 0.25) is 0 Å². The Hall–Kier alpha value is -1.62. The quantitative estimate of drug-likeness (QED) is 0.905. The first-order valence-corrected chi connectivity index (χ1v) is 8.48. The van der Waals surface area contributed by atoms with E-state index in [-0.39, 0.29) is 0 Å². The lowest BCUT2D eigenvalue weighted by molar-refractivity contribution is 0.348. The molecule has 0 aliphatic heterocycles. The number of fused-ring (bicyclic) bond motifs is 2. The maximum atomic E-state index is 6.05. The van der Waals surface area contributed by atoms with Crippen LogP contribution in [0.3, 0.4) is 0 Å². The molecule has 0 aromatic carbocycles. The number of hydrogen-bond acceptors (Lipinski definition) is 5. The van der Waals surface area contributed by atoms with Gasteiger partial charge in [-0.3, -0.25) is 4.98 Å². The molecule has 3 N–H and O–H groups in total. The van der Waals surface area contributed by atoms with Crippen LogP contribution in [0.25, 0.3) is 11.1 Å². The normalized spacial score (nSPS) is 27.1. The number of rotatable bonds is 4. The van der Waals surface area contributed by atoms with Crippen LogP contribution in [0.15, 0.2) is 24.5 Å². The second-order valence-electron chi connectivity index (χ2n) is 6.33. The SMILES string of the molecule is Nc1nsc(NCC2CC3CCC2C3)c1-c1cccnc1. The highest BCUT2D eigenvalue weighted by atomic mass is 32.1. The second-order valence-corrected chi connectivity index (χ2v) is 7.10. The molecule has 21 heavy (non-hydrogen) atoms. The highest BCUT2D eigenvalue weighted by Crippen LogP contribution is 2.48. The van der Waals surface area contributed by atoms with E-state index in [1.54, 1.807) is 6.20 Å². The molecular formula is C16H20N4S. The molecule has 110 valence electrons. The molecule has 0 amide bonds. The van der Waals surface area contributed by atoms with E-state index in [4.69, 9.17) is 5.73 Å². The fourth-order valence-corrected chi connectivity index (χ4v) is 4.81. The average molecular weight is 300 g/mol. The standard InChI is InChI=1S/C16H20N4S/c17-15-14(12-2-1-5-18-8-12)16(21-20-15)19-9-13-7-10-3-4-11(13)6-10/h1-2,5,8,10-11,13,19H,3-4,6-7,9H2,(H2,17,20). The van der Waals surface area contributed by atoms with Crippen molar-refractivity contribution in [2.24, 2.45) is 17.8 Å². The van der Waals surface area contributed by atoms with Gasteiger partial charge in [-0.05, 0) is 54.6 Å². The summed E-state index contributed by atoms with van der Waals surface area (Å²) in [4.78, 5) is 4.19. The summed E-state index contributed by atoms with van der Waals surface area (Å²) in [5.74, 6) is 3.36. The molecule has 5 heteroatoms. The molecule has 2 aromatic heterocycles. The predicted octanol–water partition coefficient (Wildman–Crippen LogP) is 3.64. The first-order valence-electron chi connectivity index (χ1n) is 7.70. The average Bonchev–Trinajstić information content (AvgIpc) is 3.21. The van der Waals surface area contributed by atoms with Crippen LogP contribution in [0.4, 0.5) is 10.8 Å². The molecule has 3 atom stereocenters. The summed E-state index contributed by atoms with van der Waals surface area (Å²) in [5, 5.41) is 4.69. The van der Waals surface area contributed by atoms with Crippen molar-refractivity contribution in [2.45, 2.75) is 25.7 Å². The maximum Gasteiger partial charge on any atom is 0.147 e. The molecule has 2 heterocycles. The van der Waals surface area contributed by atoms with Crippen LogP contribution >= 0.6 is 11.5 Å². The zero-order valence-electron chi connectivity index (χ0n) is 12.0. The van der Waals surface area contributed by atoms with Crippen molar-refractivity contribution >= 4 is 22.4 Å². The summed E-state index contributed by atoms with van der Waals surface area (Å²) in [6.45, 7) is 1.05. The lowest BCUT2D eigenvalue weighted by atomic mass is 9.89. The van der Waals surface area contributed by atoms with Crippen LogP contribution in [-0.2, 0) is 0 Å². The maximum absolute atomic E-state index is 6.05. The van der Waals surface area contributed by atoms with Crippen molar-refractivity contribution in [3.63, 3.8) is 0 Å². The molecule has 0 spiro atoms. The summed E-state index contributed by atoms with van der Waals surface area (Å²) in [5.41, 5.74) is 8.10. The topological polar surface area (TPSA) is 63.8 Å². The number of aromatic nitrogens is 2. The van der Waals surface area contributed by atoms with Crippen molar-refractivity contribution in [2.75, 3.05) is 17.6 Å². The van der Waals surface area contributed by atoms with Gasteiger partial charge >= 0.3 is 0 Å². The van der Waals surface area contributed by atoms with E-state index in [9.17, 15) is 0 Å². The number of anilines is 2. The Labute approximate surface area is 129 Å². The summed E-state index contributed by atoms with van der Waals surface area (Å²) in [6, 6.07) is 3.97. The fourth-order valence-electron chi connectivity index (χ4n) is 4.06. The predicted molar refractivity (Wildman–Crippen MR) is 87.2 cm³/mol. The van der Waals surface area contributed by atoms with E-state index < -0.39 is 0 Å². The molecule has 4 nitrogen and oxygen atoms in total. The molecular weight excluding hydrogens is 280 g/mol. The Bertz CT molecular complexity index is 624. The molecule has 2 saturated carbocycles. The van der Waals surface area contributed by atoms with Gasteiger partial charge in [-0.2, -0.15) is 4.37 Å². The minimum absolute atomic E-state index is 0.600. The van der Waals surface area contributed by atoms with E-state index in [2.05, 4.69) is 14.7 Å². The molecule has 2 fully saturated rings. The number of pyridine rings is 1. The third kappa shape index (κ3) is 2.39. The van der Waals surface area contributed by atoms with Gasteiger partial charge in [0.1, 0.15) is 10.8 Å². The van der Waals surface area contributed by atoms with Gasteiger partial charge in [-0.1, -0.05) is 12.5 Å². The number of nitrogen functional groups attached to an aromatic ring is 1. The Morgan fingerprint density at radius 1 is 1.33 bits per heavy atom. The van der Waals surface area contributed by atoms with Crippen molar-refractivity contribution in [1.82, 2.24) is 9.36 Å². The molecule has 2 aliphatic carbocycles. The Kier molecular flexibility index (Phi) is 3.30. The monoisotopic (exact) mass is 300 g/mol. The van der Waals surface area contributed by atoms with Crippen LogP contribution in [0.5, 0.6) is 0 Å². The van der Waals surface area contributed by atoms with Gasteiger partial charge < -0.3 is 11.1 Å². The van der Waals surface area contributed by atoms with E-state index >= 15 is 0 Å². The van der Waals surface area contributed by atoms with Crippen molar-refractivity contribution in [1.29, 1.82) is 0 Å². The van der Waals surface area contributed by atoms with Gasteiger partial charge in [0, 0.05) is 24.5 Å². The van der Waals surface area contributed by atoms with Gasteiger partial charge in [0.15, 0.2) is 0 Å². The summed E-state index contributed by atoms with van der Waals surface area (Å²) < 4.78 is 4.32. The zero-order chi connectivity index (χ0) is 14.2. The molecule has 4 rings (SSSR count). The van der Waals surface area contributed by atoms with Crippen LogP contribution in [-0.4, -0.2) is 15.9 Å². The lowest BCUT2D eigenvalue weighted by Gasteiger charge is -2.22. The van der Waals surface area contributed by atoms with Crippen molar-refractivity contribution < 1.29 is 0 Å². The largest absolute Gasteiger partial charge is 0.382 e. The molecule has 2 aromatic rings. The third-order valence-corrected chi connectivity index (χ3v) is 5.90. The number of hydrogen-bond donors (Lipinski definition) is 2. The molecule has 3 unspecified atom stereocenters. The molecule has 0 radical (unpaired) electrons. The highest BCUT2D eigenvalue weighted by molar-refractivity contribution is 7.11. The Morgan fingerprint density at radius 2 is 2.29 bits per heavy atom. The summed E-state index contributed by atoms with van der Waals surface area (Å²) in [7, 11) is 0. The lowest BCUT2D eigenvalue weighted by Crippen LogP contribution is -2.19. The van der Waals surface area contributed by atoms with Crippen molar-refractivity contribution in [3.05, 3.63) is 24.5 Å². The van der Waals surface area contributed by atoms with Gasteiger partial charge in [-0.15, -0.1) is 0 Å². The Balaban J connectivity index is 1.51. The van der Waals surface area contributed by atoms with Gasteiger partial charge in [0.25, 0.3) is 0 Å². The smallest absolute Gasteiger partial charge is 0.147 e. The first-order chi connectivity index (χ1) is 10.3. The fraction of sp³-hybridized carbons (Fsp3) is 0.500. The van der Waals surface area contributed by atoms with Gasteiger partial charge in [0.05, 0.1) is 5.56 Å². The van der Waals surface area contributed by atoms with Gasteiger partial charge in [0.2, 0.25) is 0 Å². The Morgan fingerprint density at radius 3 is 3.00 bits per heavy atom. The second kappa shape index (κ2) is 5.30. The number of nitrogens with zero attached hydrogens (tertiary/aromatic N) is 2. The number of nitrogens with two attached hydrogens (primary N) is 1. The number of nitrogens with one attached hydrogen (secondary N) is 1. The van der Waals surface area contributed by atoms with Crippen LogP contribution in [0.1, 0.15) is 25.7 Å². The highest BCUT2D eigenvalue weighted by Gasteiger charge is 2.39. The van der Waals surface area contributed by atoms with E-state index in [0.717, 1.165) is 40.4 Å². The summed E-state index contributed by atoms with van der Waals surface area (Å²) in [6.07, 6.45) is 9.36. The third-order valence-electron chi connectivity index (χ3n) is 5.08. The summed E-state index contributed by atoms with van der Waals surface area (Å²) >= 11 is 1.46. The zero-order valence-corrected chi connectivity index (χ0v) is 12.8. The van der Waals surface area contributed by atoms with E-state index in [1.165, 1.54) is 37.2 Å². The van der Waals surface area contributed by atoms with Crippen LogP contribution in [0, 0.1) is 17.8 Å². The van der Waals surface area contributed by atoms with Crippen molar-refractivity contribution in [3.8, 4) is 11.1 Å². The van der Waals surface area contributed by atoms with E-state index in [0.29, 0.717) is 5.82 Å². The van der Waals surface area contributed by atoms with Gasteiger partial charge in [-0.25, -0.2) is 0 Å². The molecule has 2 aliphatic rings. The van der Waals surface area contributed by atoms with Crippen LogP contribution < -0.4 is 11.1 Å². The van der Waals surface area contributed by atoms with E-state index in [1.807, 2.05) is 18.3 Å². The molecule has 2 bridgehead atoms. The minimum atomic E-state index is 0.600.